The van der Waals surface area contributed by atoms with Gasteiger partial charge in [0.1, 0.15) is 13.2 Å². The van der Waals surface area contributed by atoms with E-state index in [0.29, 0.717) is 43.4 Å². The first-order chi connectivity index (χ1) is 14.4. The van der Waals surface area contributed by atoms with E-state index >= 15 is 0 Å². The first-order valence-corrected chi connectivity index (χ1v) is 11.7. The van der Waals surface area contributed by atoms with Gasteiger partial charge in [-0.05, 0) is 50.5 Å². The first kappa shape index (κ1) is 20.7. The second-order valence-corrected chi connectivity index (χ2v) is 9.35. The van der Waals surface area contributed by atoms with E-state index in [-0.39, 0.29) is 16.8 Å². The summed E-state index contributed by atoms with van der Waals surface area (Å²) in [5, 5.41) is 0. The Hall–Kier alpha value is -2.58. The molecule has 0 radical (unpaired) electrons. The maximum Gasteiger partial charge on any atom is 0.254 e. The molecule has 2 aromatic rings. The van der Waals surface area contributed by atoms with Crippen molar-refractivity contribution < 1.29 is 22.7 Å². The van der Waals surface area contributed by atoms with Gasteiger partial charge in [0.2, 0.25) is 10.0 Å². The van der Waals surface area contributed by atoms with Crippen LogP contribution in [0, 0.1) is 6.92 Å². The van der Waals surface area contributed by atoms with E-state index in [1.54, 1.807) is 17.0 Å². The lowest BCUT2D eigenvalue weighted by molar-refractivity contribution is 0.0748. The van der Waals surface area contributed by atoms with E-state index in [2.05, 4.69) is 4.72 Å². The summed E-state index contributed by atoms with van der Waals surface area (Å²) in [5.41, 5.74) is 1.98. The molecule has 4 rings (SSSR count). The fourth-order valence-corrected chi connectivity index (χ4v) is 4.78. The number of nitrogens with one attached hydrogen (secondary N) is 1. The number of hydrogen-bond donors (Lipinski definition) is 1. The van der Waals surface area contributed by atoms with Gasteiger partial charge in [0.05, 0.1) is 4.90 Å². The summed E-state index contributed by atoms with van der Waals surface area (Å²) in [4.78, 5) is 15.1. The average molecular weight is 431 g/mol. The van der Waals surface area contributed by atoms with Crippen LogP contribution >= 0.6 is 0 Å². The molecule has 0 unspecified atom stereocenters. The van der Waals surface area contributed by atoms with Crippen molar-refractivity contribution in [3.63, 3.8) is 0 Å². The smallest absolute Gasteiger partial charge is 0.254 e. The Balaban J connectivity index is 1.60. The SMILES string of the molecule is CCN(Cc1cccc2c1OCCO2)C(=O)c1cc(S(=O)(=O)NC2CC2)ccc1C. The van der Waals surface area contributed by atoms with Crippen molar-refractivity contribution in [2.24, 2.45) is 0 Å². The molecule has 7 nitrogen and oxygen atoms in total. The van der Waals surface area contributed by atoms with Crippen LogP contribution in [0.3, 0.4) is 0 Å². The molecular formula is C22H26N2O5S. The van der Waals surface area contributed by atoms with Gasteiger partial charge in [-0.2, -0.15) is 0 Å². The number of benzene rings is 2. The highest BCUT2D eigenvalue weighted by Crippen LogP contribution is 2.34. The van der Waals surface area contributed by atoms with Crippen molar-refractivity contribution in [2.45, 2.75) is 44.2 Å². The second kappa shape index (κ2) is 8.28. The third-order valence-electron chi connectivity index (χ3n) is 5.33. The Kier molecular flexibility index (Phi) is 5.71. The summed E-state index contributed by atoms with van der Waals surface area (Å²) < 4.78 is 39.2. The van der Waals surface area contributed by atoms with Crippen molar-refractivity contribution >= 4 is 15.9 Å². The van der Waals surface area contributed by atoms with E-state index in [1.165, 1.54) is 6.07 Å². The molecule has 8 heteroatoms. The second-order valence-electron chi connectivity index (χ2n) is 7.63. The third kappa shape index (κ3) is 4.29. The molecule has 0 bridgehead atoms. The number of aryl methyl sites for hydroxylation is 1. The maximum atomic E-state index is 13.3. The molecule has 1 saturated carbocycles. The lowest BCUT2D eigenvalue weighted by Gasteiger charge is -2.26. The van der Waals surface area contributed by atoms with Gasteiger partial charge in [-0.15, -0.1) is 0 Å². The largest absolute Gasteiger partial charge is 0.486 e. The maximum absolute atomic E-state index is 13.3. The number of sulfonamides is 1. The minimum absolute atomic E-state index is 0.00840. The van der Waals surface area contributed by atoms with Crippen LogP contribution in [0.1, 0.15) is 41.3 Å². The van der Waals surface area contributed by atoms with E-state index in [4.69, 9.17) is 9.47 Å². The van der Waals surface area contributed by atoms with Gasteiger partial charge in [-0.25, -0.2) is 13.1 Å². The molecule has 0 spiro atoms. The van der Waals surface area contributed by atoms with Crippen molar-refractivity contribution in [1.82, 2.24) is 9.62 Å². The highest BCUT2D eigenvalue weighted by molar-refractivity contribution is 7.89. The summed E-state index contributed by atoms with van der Waals surface area (Å²) in [7, 11) is -3.63. The summed E-state index contributed by atoms with van der Waals surface area (Å²) in [6.07, 6.45) is 1.71. The van der Waals surface area contributed by atoms with Gasteiger partial charge in [0, 0.05) is 30.3 Å². The fraction of sp³-hybridized carbons (Fsp3) is 0.409. The molecule has 30 heavy (non-hydrogen) atoms. The van der Waals surface area contributed by atoms with Crippen molar-refractivity contribution in [2.75, 3.05) is 19.8 Å². The predicted molar refractivity (Wildman–Crippen MR) is 112 cm³/mol. The molecule has 0 aromatic heterocycles. The van der Waals surface area contributed by atoms with Gasteiger partial charge in [-0.1, -0.05) is 18.2 Å². The number of amides is 1. The van der Waals surface area contributed by atoms with E-state index in [9.17, 15) is 13.2 Å². The van der Waals surface area contributed by atoms with Crippen molar-refractivity contribution in [3.05, 3.63) is 53.1 Å². The molecule has 2 aromatic carbocycles. The van der Waals surface area contributed by atoms with E-state index < -0.39 is 10.0 Å². The number of para-hydroxylation sites is 1. The minimum atomic E-state index is -3.63. The van der Waals surface area contributed by atoms with Crippen LogP contribution in [-0.4, -0.2) is 45.0 Å². The molecule has 160 valence electrons. The molecule has 0 saturated heterocycles. The first-order valence-electron chi connectivity index (χ1n) is 10.2. The molecule has 1 amide bonds. The van der Waals surface area contributed by atoms with Gasteiger partial charge >= 0.3 is 0 Å². The lowest BCUT2D eigenvalue weighted by Crippen LogP contribution is -2.32. The molecule has 1 aliphatic heterocycles. The van der Waals surface area contributed by atoms with Crippen LogP contribution in [0.4, 0.5) is 0 Å². The Morgan fingerprint density at radius 3 is 2.67 bits per heavy atom. The predicted octanol–water partition coefficient (Wildman–Crippen LogP) is 2.87. The zero-order chi connectivity index (χ0) is 21.3. The Bertz CT molecular complexity index is 1060. The van der Waals surface area contributed by atoms with E-state index in [1.807, 2.05) is 32.0 Å². The molecule has 1 N–H and O–H groups in total. The zero-order valence-corrected chi connectivity index (χ0v) is 18.0. The normalized spacial score (nSPS) is 15.7. The monoisotopic (exact) mass is 430 g/mol. The number of ether oxygens (including phenoxy) is 2. The molecule has 1 fully saturated rings. The quantitative estimate of drug-likeness (QED) is 0.730. The number of carbonyl (C=O) groups is 1. The van der Waals surface area contributed by atoms with Crippen LogP contribution in [-0.2, 0) is 16.6 Å². The van der Waals surface area contributed by atoms with Crippen LogP contribution in [0.2, 0.25) is 0 Å². The molecule has 1 aliphatic carbocycles. The number of rotatable bonds is 7. The minimum Gasteiger partial charge on any atom is -0.486 e. The van der Waals surface area contributed by atoms with Gasteiger partial charge < -0.3 is 14.4 Å². The topological polar surface area (TPSA) is 84.9 Å². The van der Waals surface area contributed by atoms with Crippen molar-refractivity contribution in [3.8, 4) is 11.5 Å². The van der Waals surface area contributed by atoms with Crippen LogP contribution < -0.4 is 14.2 Å². The number of nitrogens with zero attached hydrogens (tertiary/aromatic N) is 1. The van der Waals surface area contributed by atoms with Gasteiger partial charge in [0.15, 0.2) is 11.5 Å². The van der Waals surface area contributed by atoms with E-state index in [0.717, 1.165) is 24.0 Å². The summed E-state index contributed by atoms with van der Waals surface area (Å²) >= 11 is 0. The molecular weight excluding hydrogens is 404 g/mol. The fourth-order valence-electron chi connectivity index (χ4n) is 3.45. The Morgan fingerprint density at radius 2 is 1.93 bits per heavy atom. The molecule has 0 atom stereocenters. The molecule has 2 aliphatic rings. The average Bonchev–Trinajstić information content (AvgIpc) is 3.55. The Morgan fingerprint density at radius 1 is 1.17 bits per heavy atom. The lowest BCUT2D eigenvalue weighted by atomic mass is 10.1. The number of carbonyl (C=O) groups excluding carboxylic acids is 1. The summed E-state index contributed by atoms with van der Waals surface area (Å²) in [6, 6.07) is 10.4. The van der Waals surface area contributed by atoms with Crippen molar-refractivity contribution in [1.29, 1.82) is 0 Å². The van der Waals surface area contributed by atoms with Crippen LogP contribution in [0.25, 0.3) is 0 Å². The van der Waals surface area contributed by atoms with Crippen LogP contribution in [0.5, 0.6) is 11.5 Å². The third-order valence-corrected chi connectivity index (χ3v) is 6.84. The zero-order valence-electron chi connectivity index (χ0n) is 17.2. The number of fused-ring (bicyclic) bond motifs is 1. The number of hydrogen-bond acceptors (Lipinski definition) is 5. The molecule has 1 heterocycles. The Labute approximate surface area is 177 Å². The van der Waals surface area contributed by atoms with Crippen LogP contribution in [0.15, 0.2) is 41.3 Å². The highest BCUT2D eigenvalue weighted by Gasteiger charge is 2.29. The highest BCUT2D eigenvalue weighted by atomic mass is 32.2. The summed E-state index contributed by atoms with van der Waals surface area (Å²) in [5.74, 6) is 1.13. The van der Waals surface area contributed by atoms with Gasteiger partial charge in [0.25, 0.3) is 5.91 Å². The van der Waals surface area contributed by atoms with Gasteiger partial charge in [-0.3, -0.25) is 4.79 Å². The standard InChI is InChI=1S/C22H26N2O5S/c1-3-24(14-16-5-4-6-20-21(16)29-12-11-28-20)22(25)19-13-18(10-7-15(19)2)30(26,27)23-17-8-9-17/h4-7,10,13,17,23H,3,8-9,11-12,14H2,1-2H3. The summed E-state index contributed by atoms with van der Waals surface area (Å²) in [6.45, 7) is 5.50.